The van der Waals surface area contributed by atoms with Crippen molar-refractivity contribution < 1.29 is 23.1 Å². The summed E-state index contributed by atoms with van der Waals surface area (Å²) in [5.74, 6) is -5.18. The molecule has 0 radical (unpaired) electrons. The highest BCUT2D eigenvalue weighted by Gasteiger charge is 2.34. The molecule has 1 N–H and O–H groups in total. The van der Waals surface area contributed by atoms with Crippen LogP contribution in [-0.4, -0.2) is 23.2 Å². The van der Waals surface area contributed by atoms with Crippen molar-refractivity contribution in [1.82, 2.24) is 0 Å². The van der Waals surface area contributed by atoms with Crippen molar-refractivity contribution in [2.45, 2.75) is 25.9 Å². The van der Waals surface area contributed by atoms with Crippen LogP contribution in [0.2, 0.25) is 0 Å². The number of carbonyl (C=O) groups is 1. The summed E-state index contributed by atoms with van der Waals surface area (Å²) in [6.45, 7) is 1.66. The minimum absolute atomic E-state index is 0.111. The molecule has 0 heterocycles. The second-order valence-corrected chi connectivity index (χ2v) is 2.42. The number of aliphatic carboxylic acids is 1. The van der Waals surface area contributed by atoms with Crippen LogP contribution in [0, 0.1) is 0 Å². The van der Waals surface area contributed by atoms with Crippen LogP contribution in [0.3, 0.4) is 0 Å². The van der Waals surface area contributed by atoms with Gasteiger partial charge in [-0.3, -0.25) is 0 Å². The van der Waals surface area contributed by atoms with Gasteiger partial charge in [0, 0.05) is 5.57 Å². The molecule has 0 aliphatic rings. The van der Waals surface area contributed by atoms with Gasteiger partial charge in [0.2, 0.25) is 0 Å². The molecular weight excluding hydrogens is 173 g/mol. The molecule has 1 atom stereocenters. The summed E-state index contributed by atoms with van der Waals surface area (Å²) in [5, 5.41) is 8.20. The third-order valence-corrected chi connectivity index (χ3v) is 1.28. The Labute approximate surface area is 67.7 Å². The van der Waals surface area contributed by atoms with Crippen LogP contribution in [-0.2, 0) is 4.79 Å². The Morgan fingerprint density at radius 3 is 2.25 bits per heavy atom. The van der Waals surface area contributed by atoms with Crippen molar-refractivity contribution >= 4 is 5.97 Å². The molecule has 0 bridgehead atoms. The van der Waals surface area contributed by atoms with Crippen molar-refractivity contribution in [1.29, 1.82) is 0 Å². The lowest BCUT2D eigenvalue weighted by molar-refractivity contribution is -0.132. The molecule has 0 spiro atoms. The number of hydrogen-bond donors (Lipinski definition) is 1. The van der Waals surface area contributed by atoms with Gasteiger partial charge in [0.05, 0.1) is 0 Å². The number of alkyl halides is 3. The highest BCUT2D eigenvalue weighted by molar-refractivity contribution is 5.85. The Kier molecular flexibility index (Phi) is 3.30. The summed E-state index contributed by atoms with van der Waals surface area (Å²) < 4.78 is 37.0. The van der Waals surface area contributed by atoms with E-state index in [1.807, 2.05) is 0 Å². The van der Waals surface area contributed by atoms with Gasteiger partial charge in [0.25, 0.3) is 5.92 Å². The first-order valence-corrected chi connectivity index (χ1v) is 3.22. The maximum atomic E-state index is 12.4. The summed E-state index contributed by atoms with van der Waals surface area (Å²) in [6, 6.07) is 0. The normalized spacial score (nSPS) is 15.9. The maximum Gasteiger partial charge on any atom is 0.331 e. The molecule has 0 aliphatic carbocycles. The summed E-state index contributed by atoms with van der Waals surface area (Å²) >= 11 is 0. The predicted molar refractivity (Wildman–Crippen MR) is 36.9 cm³/mol. The third-order valence-electron chi connectivity index (χ3n) is 1.28. The van der Waals surface area contributed by atoms with E-state index in [0.29, 0.717) is 6.92 Å². The average Bonchev–Trinajstić information content (AvgIpc) is 1.85. The second-order valence-electron chi connectivity index (χ2n) is 2.42. The van der Waals surface area contributed by atoms with E-state index in [2.05, 4.69) is 0 Å². The van der Waals surface area contributed by atoms with E-state index >= 15 is 0 Å². The zero-order chi connectivity index (χ0) is 9.94. The lowest BCUT2D eigenvalue weighted by Gasteiger charge is -2.12. The molecule has 0 aromatic rings. The van der Waals surface area contributed by atoms with Gasteiger partial charge in [0.15, 0.2) is 6.17 Å². The molecular formula is C7H9F3O2. The molecule has 0 aromatic carbocycles. The lowest BCUT2D eigenvalue weighted by atomic mass is 10.1. The number of rotatable bonds is 3. The molecule has 12 heavy (non-hydrogen) atoms. The van der Waals surface area contributed by atoms with Crippen molar-refractivity contribution in [3.63, 3.8) is 0 Å². The quantitative estimate of drug-likeness (QED) is 0.678. The van der Waals surface area contributed by atoms with Gasteiger partial charge in [0.1, 0.15) is 0 Å². The molecule has 0 amide bonds. The van der Waals surface area contributed by atoms with Gasteiger partial charge in [-0.05, 0) is 19.9 Å². The Morgan fingerprint density at radius 1 is 1.58 bits per heavy atom. The number of halogens is 3. The Balaban J connectivity index is 4.61. The minimum Gasteiger partial charge on any atom is -0.478 e. The predicted octanol–water partition coefficient (Wildman–Crippen LogP) is 2.01. The van der Waals surface area contributed by atoms with Gasteiger partial charge < -0.3 is 5.11 Å². The van der Waals surface area contributed by atoms with Crippen LogP contribution in [0.5, 0.6) is 0 Å². The van der Waals surface area contributed by atoms with Gasteiger partial charge in [-0.1, -0.05) is 0 Å². The van der Waals surface area contributed by atoms with Gasteiger partial charge in [-0.15, -0.1) is 0 Å². The summed E-state index contributed by atoms with van der Waals surface area (Å²) in [7, 11) is 0. The maximum absolute atomic E-state index is 12.4. The first kappa shape index (κ1) is 11.0. The number of carboxylic acids is 1. The van der Waals surface area contributed by atoms with Crippen molar-refractivity contribution in [2.24, 2.45) is 0 Å². The zero-order valence-electron chi connectivity index (χ0n) is 6.64. The first-order valence-electron chi connectivity index (χ1n) is 3.22. The highest BCUT2D eigenvalue weighted by Crippen LogP contribution is 2.24. The van der Waals surface area contributed by atoms with Gasteiger partial charge >= 0.3 is 5.97 Å². The Morgan fingerprint density at radius 2 is 2.00 bits per heavy atom. The van der Waals surface area contributed by atoms with Gasteiger partial charge in [-0.2, -0.15) is 8.78 Å². The van der Waals surface area contributed by atoms with E-state index in [9.17, 15) is 18.0 Å². The molecule has 2 nitrogen and oxygen atoms in total. The summed E-state index contributed by atoms with van der Waals surface area (Å²) in [5.41, 5.74) is -0.565. The molecule has 5 heteroatoms. The van der Waals surface area contributed by atoms with Crippen molar-refractivity contribution in [3.8, 4) is 0 Å². The molecule has 0 saturated carbocycles. The minimum atomic E-state index is -3.71. The fourth-order valence-corrected chi connectivity index (χ4v) is 0.465. The van der Waals surface area contributed by atoms with E-state index in [-0.39, 0.29) is 6.08 Å². The van der Waals surface area contributed by atoms with Crippen molar-refractivity contribution in [3.05, 3.63) is 11.6 Å². The van der Waals surface area contributed by atoms with E-state index in [1.54, 1.807) is 0 Å². The van der Waals surface area contributed by atoms with Crippen molar-refractivity contribution in [2.75, 3.05) is 0 Å². The largest absolute Gasteiger partial charge is 0.478 e. The van der Waals surface area contributed by atoms with E-state index in [1.165, 1.54) is 0 Å². The number of hydrogen-bond acceptors (Lipinski definition) is 1. The van der Waals surface area contributed by atoms with E-state index in [0.717, 1.165) is 6.92 Å². The fourth-order valence-electron chi connectivity index (χ4n) is 0.465. The topological polar surface area (TPSA) is 37.3 Å². The summed E-state index contributed by atoms with van der Waals surface area (Å²) in [6.07, 6.45) is -2.27. The molecule has 0 aliphatic heterocycles. The SMILES string of the molecule is C/C(=C\C(F)(F)C(C)F)C(=O)O. The molecule has 70 valence electrons. The smallest absolute Gasteiger partial charge is 0.331 e. The standard InChI is InChI=1S/C7H9F3O2/c1-4(6(11)12)3-7(9,10)5(2)8/h3,5H,1-2H3,(H,11,12)/b4-3+. The Hall–Kier alpha value is -1.00. The fraction of sp³-hybridized carbons (Fsp3) is 0.571. The Bertz CT molecular complexity index is 209. The first-order chi connectivity index (χ1) is 5.27. The van der Waals surface area contributed by atoms with Crippen LogP contribution < -0.4 is 0 Å². The lowest BCUT2D eigenvalue weighted by Crippen LogP contribution is -2.25. The van der Waals surface area contributed by atoms with E-state index in [4.69, 9.17) is 5.11 Å². The highest BCUT2D eigenvalue weighted by atomic mass is 19.3. The zero-order valence-corrected chi connectivity index (χ0v) is 6.64. The van der Waals surface area contributed by atoms with E-state index < -0.39 is 23.6 Å². The monoisotopic (exact) mass is 182 g/mol. The molecule has 1 unspecified atom stereocenters. The average molecular weight is 182 g/mol. The van der Waals surface area contributed by atoms with Gasteiger partial charge in [-0.25, -0.2) is 9.18 Å². The van der Waals surface area contributed by atoms with Crippen LogP contribution in [0.25, 0.3) is 0 Å². The van der Waals surface area contributed by atoms with Crippen LogP contribution in [0.4, 0.5) is 13.2 Å². The molecule has 0 saturated heterocycles. The van der Waals surface area contributed by atoms with Crippen LogP contribution in [0.1, 0.15) is 13.8 Å². The molecule has 0 fully saturated rings. The second kappa shape index (κ2) is 3.60. The third kappa shape index (κ3) is 2.94. The van der Waals surface area contributed by atoms with Crippen LogP contribution >= 0.6 is 0 Å². The number of allylic oxidation sites excluding steroid dienone is 1. The van der Waals surface area contributed by atoms with Crippen LogP contribution in [0.15, 0.2) is 11.6 Å². The molecule has 0 aromatic heterocycles. The number of carboxylic acid groups (broad SMARTS) is 1. The molecule has 0 rings (SSSR count). The summed E-state index contributed by atoms with van der Waals surface area (Å²) in [4.78, 5) is 10.1.